The molecule has 0 aliphatic carbocycles. The van der Waals surface area contributed by atoms with E-state index in [1.54, 1.807) is 45.2 Å². The van der Waals surface area contributed by atoms with Crippen LogP contribution in [0.25, 0.3) is 0 Å². The number of aliphatic carboxylic acids is 1. The number of carbonyl (C=O) groups excluding carboxylic acids is 2. The van der Waals surface area contributed by atoms with Crippen LogP contribution in [-0.4, -0.2) is 108 Å². The zero-order chi connectivity index (χ0) is 30.1. The number of aromatic nitrogens is 2. The third kappa shape index (κ3) is 7.58. The standard InChI is InChI=1S/C29H41N7O6/c1-4-33(5-2)27-30-20-24(36(6-3)28(39)34-15-17-41-18-16-34)25(32-27)31-23(26(37)38)19-21-9-11-22(12-10-21)42-29(40)35-13-7-8-14-35/h9-12,20,23H,4-8,13-19H2,1-3H3,(H,37,38)(H,30,31,32)/t23-/m0/s1. The summed E-state index contributed by atoms with van der Waals surface area (Å²) >= 11 is 0. The number of likely N-dealkylation sites (tertiary alicyclic amines) is 1. The number of rotatable bonds is 11. The largest absolute Gasteiger partial charge is 0.480 e. The second-order valence-electron chi connectivity index (χ2n) is 10.1. The third-order valence-electron chi connectivity index (χ3n) is 7.46. The molecule has 2 aliphatic heterocycles. The van der Waals surface area contributed by atoms with Gasteiger partial charge in [-0.25, -0.2) is 19.4 Å². The first-order chi connectivity index (χ1) is 20.3. The van der Waals surface area contributed by atoms with Crippen molar-refractivity contribution in [2.75, 3.05) is 74.1 Å². The number of carboxylic acids is 1. The number of carboxylic acid groups (broad SMARTS) is 1. The van der Waals surface area contributed by atoms with Crippen LogP contribution in [0.3, 0.4) is 0 Å². The molecular formula is C29H41N7O6. The quantitative estimate of drug-likeness (QED) is 0.405. The molecule has 0 bridgehead atoms. The smallest absolute Gasteiger partial charge is 0.415 e. The Bertz CT molecular complexity index is 1210. The minimum atomic E-state index is -1.07. The molecule has 2 N–H and O–H groups in total. The van der Waals surface area contributed by atoms with Crippen molar-refractivity contribution in [2.45, 2.75) is 46.1 Å². The van der Waals surface area contributed by atoms with Gasteiger partial charge in [0.25, 0.3) is 0 Å². The van der Waals surface area contributed by atoms with E-state index in [9.17, 15) is 19.5 Å². The number of morpholine rings is 1. The summed E-state index contributed by atoms with van der Waals surface area (Å²) in [4.78, 5) is 54.3. The van der Waals surface area contributed by atoms with E-state index in [-0.39, 0.29) is 24.4 Å². The SMILES string of the molecule is CCN(CC)c1ncc(N(CC)C(=O)N2CCOCC2)c(N[C@@H](Cc2ccc(OC(=O)N3CCCC3)cc2)C(=O)O)n1. The maximum Gasteiger partial charge on any atom is 0.415 e. The number of anilines is 3. The number of amides is 3. The average Bonchev–Trinajstić information content (AvgIpc) is 3.55. The van der Waals surface area contributed by atoms with Gasteiger partial charge in [-0.1, -0.05) is 12.1 Å². The van der Waals surface area contributed by atoms with Crippen LogP contribution in [0.4, 0.5) is 27.0 Å². The van der Waals surface area contributed by atoms with E-state index in [1.165, 1.54) is 0 Å². The molecule has 3 heterocycles. The highest BCUT2D eigenvalue weighted by Crippen LogP contribution is 2.28. The first-order valence-corrected chi connectivity index (χ1v) is 14.7. The highest BCUT2D eigenvalue weighted by Gasteiger charge is 2.28. The molecule has 1 aromatic heterocycles. The van der Waals surface area contributed by atoms with Crippen molar-refractivity contribution in [2.24, 2.45) is 0 Å². The van der Waals surface area contributed by atoms with E-state index >= 15 is 0 Å². The topological polar surface area (TPSA) is 141 Å². The van der Waals surface area contributed by atoms with Crippen LogP contribution in [0.2, 0.25) is 0 Å². The Morgan fingerprint density at radius 2 is 1.67 bits per heavy atom. The van der Waals surface area contributed by atoms with Crippen molar-refractivity contribution < 1.29 is 29.0 Å². The van der Waals surface area contributed by atoms with Crippen LogP contribution >= 0.6 is 0 Å². The summed E-state index contributed by atoms with van der Waals surface area (Å²) in [7, 11) is 0. The summed E-state index contributed by atoms with van der Waals surface area (Å²) < 4.78 is 10.9. The van der Waals surface area contributed by atoms with E-state index in [0.717, 1.165) is 18.4 Å². The van der Waals surface area contributed by atoms with Crippen molar-refractivity contribution >= 4 is 35.5 Å². The van der Waals surface area contributed by atoms with Crippen molar-refractivity contribution in [3.63, 3.8) is 0 Å². The van der Waals surface area contributed by atoms with Gasteiger partial charge in [-0.3, -0.25) is 4.90 Å². The fourth-order valence-electron chi connectivity index (χ4n) is 5.02. The van der Waals surface area contributed by atoms with Crippen molar-refractivity contribution in [3.8, 4) is 5.75 Å². The Labute approximate surface area is 246 Å². The summed E-state index contributed by atoms with van der Waals surface area (Å²) in [5.74, 6) is 0.0297. The molecule has 1 atom stereocenters. The normalized spacial score (nSPS) is 15.7. The molecule has 0 unspecified atom stereocenters. The predicted molar refractivity (Wildman–Crippen MR) is 158 cm³/mol. The minimum Gasteiger partial charge on any atom is -0.480 e. The summed E-state index contributed by atoms with van der Waals surface area (Å²) in [6.07, 6.45) is 3.27. The Morgan fingerprint density at radius 1 is 1.00 bits per heavy atom. The molecule has 0 saturated carbocycles. The Kier molecular flexibility index (Phi) is 10.8. The molecule has 2 saturated heterocycles. The molecule has 0 spiro atoms. The first-order valence-electron chi connectivity index (χ1n) is 14.7. The number of nitrogens with zero attached hydrogens (tertiary/aromatic N) is 6. The van der Waals surface area contributed by atoms with E-state index in [2.05, 4.69) is 10.3 Å². The van der Waals surface area contributed by atoms with E-state index in [0.29, 0.717) is 76.4 Å². The molecule has 13 heteroatoms. The molecule has 4 rings (SSSR count). The first kappa shape index (κ1) is 30.8. The van der Waals surface area contributed by atoms with Gasteiger partial charge in [0.2, 0.25) is 5.95 Å². The van der Waals surface area contributed by atoms with Gasteiger partial charge in [0.1, 0.15) is 17.5 Å². The van der Waals surface area contributed by atoms with Gasteiger partial charge in [-0.15, -0.1) is 0 Å². The summed E-state index contributed by atoms with van der Waals surface area (Å²) in [5.41, 5.74) is 1.13. The second kappa shape index (κ2) is 14.7. The van der Waals surface area contributed by atoms with Gasteiger partial charge >= 0.3 is 18.1 Å². The predicted octanol–water partition coefficient (Wildman–Crippen LogP) is 3.30. The van der Waals surface area contributed by atoms with Crippen LogP contribution < -0.4 is 19.9 Å². The molecule has 2 fully saturated rings. The van der Waals surface area contributed by atoms with Crippen molar-refractivity contribution in [1.29, 1.82) is 0 Å². The Morgan fingerprint density at radius 3 is 2.26 bits per heavy atom. The van der Waals surface area contributed by atoms with Gasteiger partial charge in [0.05, 0.1) is 19.4 Å². The molecule has 13 nitrogen and oxygen atoms in total. The number of hydrogen-bond donors (Lipinski definition) is 2. The van der Waals surface area contributed by atoms with Gasteiger partial charge in [-0.2, -0.15) is 4.98 Å². The fourth-order valence-corrected chi connectivity index (χ4v) is 5.02. The average molecular weight is 584 g/mol. The second-order valence-corrected chi connectivity index (χ2v) is 10.1. The number of urea groups is 1. The summed E-state index contributed by atoms with van der Waals surface area (Å²) in [6.45, 7) is 10.7. The lowest BCUT2D eigenvalue weighted by Gasteiger charge is -2.33. The molecule has 2 aromatic rings. The zero-order valence-corrected chi connectivity index (χ0v) is 24.6. The molecule has 2 aliphatic rings. The van der Waals surface area contributed by atoms with Crippen LogP contribution in [0.5, 0.6) is 5.75 Å². The minimum absolute atomic E-state index is 0.128. The number of nitrogens with one attached hydrogen (secondary N) is 1. The number of benzene rings is 1. The van der Waals surface area contributed by atoms with E-state index in [4.69, 9.17) is 14.5 Å². The van der Waals surface area contributed by atoms with Gasteiger partial charge in [-0.05, 0) is 51.3 Å². The van der Waals surface area contributed by atoms with Gasteiger partial charge < -0.3 is 34.6 Å². The molecule has 0 radical (unpaired) electrons. The third-order valence-corrected chi connectivity index (χ3v) is 7.46. The number of carbonyl (C=O) groups is 3. The van der Waals surface area contributed by atoms with Crippen LogP contribution in [0.15, 0.2) is 30.5 Å². The molecular weight excluding hydrogens is 542 g/mol. The van der Waals surface area contributed by atoms with Gasteiger partial charge in [0, 0.05) is 52.2 Å². The zero-order valence-electron chi connectivity index (χ0n) is 24.6. The van der Waals surface area contributed by atoms with Crippen molar-refractivity contribution in [3.05, 3.63) is 36.0 Å². The molecule has 3 amide bonds. The summed E-state index contributed by atoms with van der Waals surface area (Å²) in [5, 5.41) is 13.3. The van der Waals surface area contributed by atoms with Crippen LogP contribution in [-0.2, 0) is 16.0 Å². The van der Waals surface area contributed by atoms with E-state index in [1.807, 2.05) is 25.7 Å². The van der Waals surface area contributed by atoms with Gasteiger partial charge in [0.15, 0.2) is 5.82 Å². The molecule has 42 heavy (non-hydrogen) atoms. The molecule has 228 valence electrons. The maximum atomic E-state index is 13.5. The maximum absolute atomic E-state index is 13.5. The lowest BCUT2D eigenvalue weighted by molar-refractivity contribution is -0.137. The lowest BCUT2D eigenvalue weighted by Crippen LogP contribution is -2.48. The fraction of sp³-hybridized carbons (Fsp3) is 0.552. The highest BCUT2D eigenvalue weighted by atomic mass is 16.6. The highest BCUT2D eigenvalue weighted by molar-refractivity contribution is 5.95. The lowest BCUT2D eigenvalue weighted by atomic mass is 10.1. The monoisotopic (exact) mass is 583 g/mol. The van der Waals surface area contributed by atoms with Crippen LogP contribution in [0, 0.1) is 0 Å². The Hall–Kier alpha value is -4.13. The number of hydrogen-bond acceptors (Lipinski definition) is 9. The Balaban J connectivity index is 1.56. The van der Waals surface area contributed by atoms with Crippen molar-refractivity contribution in [1.82, 2.24) is 19.8 Å². The number of ether oxygens (including phenoxy) is 2. The van der Waals surface area contributed by atoms with E-state index < -0.39 is 12.0 Å². The molecule has 1 aromatic carbocycles. The van der Waals surface area contributed by atoms with Crippen LogP contribution in [0.1, 0.15) is 39.2 Å². The summed E-state index contributed by atoms with van der Waals surface area (Å²) in [6, 6.07) is 5.54.